The first kappa shape index (κ1) is 20.6. The second-order valence-electron chi connectivity index (χ2n) is 5.92. The van der Waals surface area contributed by atoms with Crippen LogP contribution in [0, 0.1) is 11.6 Å². The fraction of sp³-hybridized carbons (Fsp3) is 0.350. The van der Waals surface area contributed by atoms with Gasteiger partial charge in [-0.25, -0.2) is 8.78 Å². The van der Waals surface area contributed by atoms with E-state index in [1.165, 1.54) is 6.07 Å². The van der Waals surface area contributed by atoms with E-state index in [-0.39, 0.29) is 6.54 Å². The molecule has 146 valence electrons. The SMILES string of the molecule is CCNC(=NCC(O)c1ccc(OC)cc1)NCCc1cc(F)ccc1F. The summed E-state index contributed by atoms with van der Waals surface area (Å²) < 4.78 is 32.0. The van der Waals surface area contributed by atoms with E-state index in [4.69, 9.17) is 4.74 Å². The first-order valence-electron chi connectivity index (χ1n) is 8.81. The van der Waals surface area contributed by atoms with Gasteiger partial charge in [0.05, 0.1) is 19.8 Å². The molecule has 1 unspecified atom stereocenters. The third-order valence-electron chi connectivity index (χ3n) is 3.96. The summed E-state index contributed by atoms with van der Waals surface area (Å²) in [6.07, 6.45) is -0.443. The Labute approximate surface area is 158 Å². The minimum Gasteiger partial charge on any atom is -0.497 e. The van der Waals surface area contributed by atoms with Crippen LogP contribution in [0.4, 0.5) is 8.78 Å². The highest BCUT2D eigenvalue weighted by Crippen LogP contribution is 2.17. The molecule has 1 atom stereocenters. The summed E-state index contributed by atoms with van der Waals surface area (Å²) in [6, 6.07) is 10.5. The number of hydrogen-bond acceptors (Lipinski definition) is 3. The molecule has 0 aliphatic carbocycles. The number of halogens is 2. The molecule has 0 aromatic heterocycles. The fourth-order valence-electron chi connectivity index (χ4n) is 2.50. The molecule has 0 radical (unpaired) electrons. The maximum atomic E-state index is 13.7. The molecule has 0 fully saturated rings. The van der Waals surface area contributed by atoms with Crippen molar-refractivity contribution >= 4 is 5.96 Å². The lowest BCUT2D eigenvalue weighted by Crippen LogP contribution is -2.38. The van der Waals surface area contributed by atoms with E-state index in [0.29, 0.717) is 36.8 Å². The molecule has 2 aromatic rings. The van der Waals surface area contributed by atoms with Crippen molar-refractivity contribution in [3.63, 3.8) is 0 Å². The molecular formula is C20H25F2N3O2. The molecule has 0 saturated heterocycles. The molecule has 27 heavy (non-hydrogen) atoms. The number of aliphatic hydroxyl groups excluding tert-OH is 1. The van der Waals surface area contributed by atoms with Crippen molar-refractivity contribution in [3.8, 4) is 5.75 Å². The maximum Gasteiger partial charge on any atom is 0.191 e. The predicted molar refractivity (Wildman–Crippen MR) is 102 cm³/mol. The van der Waals surface area contributed by atoms with Crippen LogP contribution in [0.25, 0.3) is 0 Å². The van der Waals surface area contributed by atoms with Gasteiger partial charge in [-0.1, -0.05) is 12.1 Å². The lowest BCUT2D eigenvalue weighted by molar-refractivity contribution is 0.187. The van der Waals surface area contributed by atoms with Crippen LogP contribution < -0.4 is 15.4 Å². The lowest BCUT2D eigenvalue weighted by atomic mass is 10.1. The third-order valence-corrected chi connectivity index (χ3v) is 3.96. The van der Waals surface area contributed by atoms with Crippen LogP contribution in [-0.2, 0) is 6.42 Å². The molecule has 0 heterocycles. The van der Waals surface area contributed by atoms with Gasteiger partial charge in [0.25, 0.3) is 0 Å². The number of aliphatic hydroxyl groups is 1. The lowest BCUT2D eigenvalue weighted by Gasteiger charge is -2.14. The van der Waals surface area contributed by atoms with E-state index in [2.05, 4.69) is 15.6 Å². The Hall–Kier alpha value is -2.67. The van der Waals surface area contributed by atoms with Gasteiger partial charge in [-0.15, -0.1) is 0 Å². The van der Waals surface area contributed by atoms with Crippen LogP contribution in [-0.4, -0.2) is 37.8 Å². The van der Waals surface area contributed by atoms with Crippen LogP contribution in [0.1, 0.15) is 24.2 Å². The van der Waals surface area contributed by atoms with E-state index in [1.54, 1.807) is 31.4 Å². The quantitative estimate of drug-likeness (QED) is 0.489. The van der Waals surface area contributed by atoms with E-state index >= 15 is 0 Å². The second-order valence-corrected chi connectivity index (χ2v) is 5.92. The Balaban J connectivity index is 1.91. The molecule has 0 aliphatic rings. The monoisotopic (exact) mass is 377 g/mol. The topological polar surface area (TPSA) is 65.9 Å². The highest BCUT2D eigenvalue weighted by atomic mass is 19.1. The number of aliphatic imine (C=N–C) groups is 1. The molecule has 0 bridgehead atoms. The molecule has 7 heteroatoms. The Kier molecular flexibility index (Phi) is 8.00. The van der Waals surface area contributed by atoms with Crippen molar-refractivity contribution in [3.05, 3.63) is 65.2 Å². The predicted octanol–water partition coefficient (Wildman–Crippen LogP) is 2.80. The number of rotatable bonds is 8. The van der Waals surface area contributed by atoms with Gasteiger partial charge in [0.15, 0.2) is 5.96 Å². The van der Waals surface area contributed by atoms with Gasteiger partial charge in [0, 0.05) is 13.1 Å². The molecule has 5 nitrogen and oxygen atoms in total. The Morgan fingerprint density at radius 2 is 1.89 bits per heavy atom. The Morgan fingerprint density at radius 1 is 1.15 bits per heavy atom. The number of methoxy groups -OCH3 is 1. The number of nitrogens with zero attached hydrogens (tertiary/aromatic N) is 1. The summed E-state index contributed by atoms with van der Waals surface area (Å²) in [6.45, 7) is 3.10. The molecular weight excluding hydrogens is 352 g/mol. The van der Waals surface area contributed by atoms with E-state index in [9.17, 15) is 13.9 Å². The summed E-state index contributed by atoms with van der Waals surface area (Å²) in [7, 11) is 1.58. The smallest absolute Gasteiger partial charge is 0.191 e. The standard InChI is InChI=1S/C20H25F2N3O2/c1-3-23-20(24-11-10-15-12-16(21)6-9-18(15)22)25-13-19(26)14-4-7-17(27-2)8-5-14/h4-9,12,19,26H,3,10-11,13H2,1-2H3,(H2,23,24,25). The highest BCUT2D eigenvalue weighted by molar-refractivity contribution is 5.79. The first-order chi connectivity index (χ1) is 13.0. The van der Waals surface area contributed by atoms with Crippen LogP contribution in [0.3, 0.4) is 0 Å². The number of ether oxygens (including phenoxy) is 1. The molecule has 0 amide bonds. The van der Waals surface area contributed by atoms with E-state index in [0.717, 1.165) is 17.7 Å². The largest absolute Gasteiger partial charge is 0.497 e. The van der Waals surface area contributed by atoms with Crippen molar-refractivity contribution in [1.82, 2.24) is 10.6 Å². The average Bonchev–Trinajstić information content (AvgIpc) is 2.68. The van der Waals surface area contributed by atoms with Gasteiger partial charge in [-0.2, -0.15) is 0 Å². The van der Waals surface area contributed by atoms with Gasteiger partial charge in [-0.05, 0) is 54.8 Å². The number of benzene rings is 2. The molecule has 0 aliphatic heterocycles. The van der Waals surface area contributed by atoms with Crippen molar-refractivity contribution in [1.29, 1.82) is 0 Å². The highest BCUT2D eigenvalue weighted by Gasteiger charge is 2.08. The van der Waals surface area contributed by atoms with Gasteiger partial charge >= 0.3 is 0 Å². The van der Waals surface area contributed by atoms with Crippen molar-refractivity contribution in [2.45, 2.75) is 19.4 Å². The molecule has 2 rings (SSSR count). The van der Waals surface area contributed by atoms with Crippen molar-refractivity contribution in [2.75, 3.05) is 26.7 Å². The van der Waals surface area contributed by atoms with E-state index in [1.807, 2.05) is 6.92 Å². The Morgan fingerprint density at radius 3 is 2.56 bits per heavy atom. The van der Waals surface area contributed by atoms with Gasteiger partial charge in [0.1, 0.15) is 17.4 Å². The summed E-state index contributed by atoms with van der Waals surface area (Å²) in [4.78, 5) is 4.35. The number of nitrogens with one attached hydrogen (secondary N) is 2. The summed E-state index contributed by atoms with van der Waals surface area (Å²) >= 11 is 0. The zero-order valence-electron chi connectivity index (χ0n) is 15.5. The zero-order chi connectivity index (χ0) is 19.6. The van der Waals surface area contributed by atoms with Gasteiger partial charge in [-0.3, -0.25) is 4.99 Å². The minimum absolute atomic E-state index is 0.163. The third kappa shape index (κ3) is 6.53. The average molecular weight is 377 g/mol. The van der Waals surface area contributed by atoms with Gasteiger partial charge < -0.3 is 20.5 Å². The van der Waals surface area contributed by atoms with Crippen LogP contribution in [0.2, 0.25) is 0 Å². The molecule has 3 N–H and O–H groups in total. The Bertz CT molecular complexity index is 751. The molecule has 0 saturated carbocycles. The summed E-state index contributed by atoms with van der Waals surface area (Å²) in [5.74, 6) is 0.320. The van der Waals surface area contributed by atoms with Crippen molar-refractivity contribution < 1.29 is 18.6 Å². The summed E-state index contributed by atoms with van der Waals surface area (Å²) in [5, 5.41) is 16.4. The van der Waals surface area contributed by atoms with Crippen LogP contribution in [0.15, 0.2) is 47.5 Å². The molecule has 2 aromatic carbocycles. The minimum atomic E-state index is -0.757. The zero-order valence-corrected chi connectivity index (χ0v) is 15.5. The normalized spacial score (nSPS) is 12.6. The summed E-state index contributed by atoms with van der Waals surface area (Å²) in [5.41, 5.74) is 1.04. The van der Waals surface area contributed by atoms with Crippen LogP contribution in [0.5, 0.6) is 5.75 Å². The van der Waals surface area contributed by atoms with Gasteiger partial charge in [0.2, 0.25) is 0 Å². The van der Waals surface area contributed by atoms with E-state index < -0.39 is 17.7 Å². The maximum absolute atomic E-state index is 13.7. The second kappa shape index (κ2) is 10.5. The first-order valence-corrected chi connectivity index (χ1v) is 8.81. The fourth-order valence-corrected chi connectivity index (χ4v) is 2.50. The van der Waals surface area contributed by atoms with Crippen LogP contribution >= 0.6 is 0 Å². The number of hydrogen-bond donors (Lipinski definition) is 3. The molecule has 0 spiro atoms. The number of guanidine groups is 1. The van der Waals surface area contributed by atoms with Crippen molar-refractivity contribution in [2.24, 2.45) is 4.99 Å².